The number of rotatable bonds is 7. The van der Waals surface area contributed by atoms with Gasteiger partial charge in [0.1, 0.15) is 0 Å². The van der Waals surface area contributed by atoms with Crippen molar-refractivity contribution >= 4 is 48.0 Å². The lowest BCUT2D eigenvalue weighted by molar-refractivity contribution is -0.125. The monoisotopic (exact) mass is 412 g/mol. The molecule has 0 saturated heterocycles. The second-order valence-corrected chi connectivity index (χ2v) is 5.92. The Morgan fingerprint density at radius 3 is 2.11 bits per heavy atom. The van der Waals surface area contributed by atoms with E-state index in [0.29, 0.717) is 36.3 Å². The summed E-state index contributed by atoms with van der Waals surface area (Å²) in [6.07, 6.45) is 4.57. The van der Waals surface area contributed by atoms with Crippen LogP contribution in [-0.4, -0.2) is 23.3 Å². The molecule has 2 amide bonds. The van der Waals surface area contributed by atoms with Gasteiger partial charge in [0.15, 0.2) is 0 Å². The minimum Gasteiger partial charge on any atom is -0.329 e. The summed E-state index contributed by atoms with van der Waals surface area (Å²) in [7, 11) is 0. The predicted molar refractivity (Wildman–Crippen MR) is 114 cm³/mol. The van der Waals surface area contributed by atoms with E-state index < -0.39 is 5.41 Å². The Hall–Kier alpha value is -2.15. The zero-order chi connectivity index (χ0) is 18.3. The molecule has 1 aromatic carbocycles. The summed E-state index contributed by atoms with van der Waals surface area (Å²) in [6, 6.07) is 10.3. The molecule has 1 heterocycles. The minimum absolute atomic E-state index is 0. The number of carbonyl (C=O) groups is 2. The van der Waals surface area contributed by atoms with Gasteiger partial charge in [-0.1, -0.05) is 13.8 Å². The zero-order valence-electron chi connectivity index (χ0n) is 15.4. The van der Waals surface area contributed by atoms with Crippen molar-refractivity contribution < 1.29 is 9.59 Å². The van der Waals surface area contributed by atoms with Crippen LogP contribution in [0, 0.1) is 5.41 Å². The van der Waals surface area contributed by atoms with Gasteiger partial charge in [-0.3, -0.25) is 14.6 Å². The number of amides is 2. The highest BCUT2D eigenvalue weighted by Gasteiger charge is 2.33. The van der Waals surface area contributed by atoms with Crippen molar-refractivity contribution in [2.75, 3.05) is 17.2 Å². The molecule has 0 fully saturated rings. The summed E-state index contributed by atoms with van der Waals surface area (Å²) >= 11 is 0. The predicted octanol–water partition coefficient (Wildman–Crippen LogP) is 3.88. The highest BCUT2D eigenvalue weighted by atomic mass is 35.5. The van der Waals surface area contributed by atoms with Gasteiger partial charge < -0.3 is 16.4 Å². The number of halogens is 2. The van der Waals surface area contributed by atoms with Crippen LogP contribution in [0.15, 0.2) is 48.8 Å². The van der Waals surface area contributed by atoms with Crippen LogP contribution in [0.4, 0.5) is 11.4 Å². The van der Waals surface area contributed by atoms with Crippen LogP contribution in [-0.2, 0) is 4.79 Å². The Kier molecular flexibility index (Phi) is 10.6. The third kappa shape index (κ3) is 6.20. The Morgan fingerprint density at radius 2 is 1.63 bits per heavy atom. The smallest absolute Gasteiger partial charge is 0.255 e. The molecule has 4 N–H and O–H groups in total. The second-order valence-electron chi connectivity index (χ2n) is 5.92. The maximum absolute atomic E-state index is 12.5. The van der Waals surface area contributed by atoms with Crippen molar-refractivity contribution in [3.8, 4) is 0 Å². The summed E-state index contributed by atoms with van der Waals surface area (Å²) in [6.45, 7) is 4.22. The first kappa shape index (κ1) is 24.8. The normalized spacial score (nSPS) is 10.2. The van der Waals surface area contributed by atoms with Gasteiger partial charge in [-0.2, -0.15) is 0 Å². The van der Waals surface area contributed by atoms with Gasteiger partial charge in [0.25, 0.3) is 5.91 Å². The van der Waals surface area contributed by atoms with Crippen LogP contribution >= 0.6 is 24.8 Å². The third-order valence-corrected chi connectivity index (χ3v) is 4.55. The quantitative estimate of drug-likeness (QED) is 0.642. The van der Waals surface area contributed by atoms with Crippen LogP contribution in [0.1, 0.15) is 37.0 Å². The Labute approximate surface area is 172 Å². The molecule has 8 heteroatoms. The fraction of sp³-hybridized carbons (Fsp3) is 0.316. The van der Waals surface area contributed by atoms with Crippen molar-refractivity contribution in [3.05, 3.63) is 54.4 Å². The van der Waals surface area contributed by atoms with Crippen LogP contribution in [0.3, 0.4) is 0 Å². The molecule has 0 saturated carbocycles. The molecular weight excluding hydrogens is 387 g/mol. The highest BCUT2D eigenvalue weighted by Crippen LogP contribution is 2.27. The lowest BCUT2D eigenvalue weighted by atomic mass is 9.81. The van der Waals surface area contributed by atoms with Crippen molar-refractivity contribution in [1.82, 2.24) is 4.98 Å². The van der Waals surface area contributed by atoms with E-state index in [1.807, 2.05) is 13.8 Å². The number of nitrogens with zero attached hydrogens (tertiary/aromatic N) is 1. The first-order valence-corrected chi connectivity index (χ1v) is 8.37. The lowest BCUT2D eigenvalue weighted by Gasteiger charge is -2.28. The van der Waals surface area contributed by atoms with E-state index in [0.717, 1.165) is 0 Å². The van der Waals surface area contributed by atoms with Crippen molar-refractivity contribution in [1.29, 1.82) is 0 Å². The summed E-state index contributed by atoms with van der Waals surface area (Å²) < 4.78 is 0. The molecule has 148 valence electrons. The lowest BCUT2D eigenvalue weighted by Crippen LogP contribution is -2.41. The molecule has 2 aromatic rings. The second kappa shape index (κ2) is 11.5. The van der Waals surface area contributed by atoms with Crippen LogP contribution in [0.2, 0.25) is 0 Å². The topological polar surface area (TPSA) is 97.1 Å². The van der Waals surface area contributed by atoms with E-state index in [1.54, 1.807) is 48.8 Å². The van der Waals surface area contributed by atoms with E-state index >= 15 is 0 Å². The fourth-order valence-corrected chi connectivity index (χ4v) is 2.56. The summed E-state index contributed by atoms with van der Waals surface area (Å²) in [5.41, 5.74) is 7.01. The van der Waals surface area contributed by atoms with Gasteiger partial charge in [0.2, 0.25) is 5.91 Å². The molecule has 1 aromatic heterocycles. The first-order valence-electron chi connectivity index (χ1n) is 8.37. The van der Waals surface area contributed by atoms with Gasteiger partial charge in [-0.15, -0.1) is 24.8 Å². The molecule has 0 spiro atoms. The zero-order valence-corrected chi connectivity index (χ0v) is 17.0. The van der Waals surface area contributed by atoms with Gasteiger partial charge in [0, 0.05) is 24.0 Å². The number of hydrogen-bond acceptors (Lipinski definition) is 4. The summed E-state index contributed by atoms with van der Waals surface area (Å²) in [5.74, 6) is -0.322. The molecule has 0 bridgehead atoms. The molecule has 0 aliphatic carbocycles. The number of pyridine rings is 1. The molecular formula is C19H26Cl2N4O2. The number of nitrogens with two attached hydrogens (primary N) is 1. The Balaban J connectivity index is 0.00000338. The standard InChI is InChI=1S/C19H24N4O2.2ClH/c1-3-19(4-2,13-20)18(25)23-15-9-7-14(8-10-15)17(24)22-16-6-5-11-21-12-16;;/h5-12H,3-4,13,20H2,1-2H3,(H,22,24)(H,23,25);2*1H. The first-order chi connectivity index (χ1) is 12.0. The number of aromatic nitrogens is 1. The highest BCUT2D eigenvalue weighted by molar-refractivity contribution is 6.04. The molecule has 2 rings (SSSR count). The average Bonchev–Trinajstić information content (AvgIpc) is 2.65. The number of anilines is 2. The SMILES string of the molecule is CCC(CC)(CN)C(=O)Nc1ccc(C(=O)Nc2cccnc2)cc1.Cl.Cl. The van der Waals surface area contributed by atoms with Crippen molar-refractivity contribution in [3.63, 3.8) is 0 Å². The molecule has 6 nitrogen and oxygen atoms in total. The molecule has 0 aliphatic heterocycles. The van der Waals surface area contributed by atoms with Gasteiger partial charge in [-0.25, -0.2) is 0 Å². The maximum atomic E-state index is 12.5. The Bertz CT molecular complexity index is 712. The van der Waals surface area contributed by atoms with Gasteiger partial charge in [-0.05, 0) is 49.2 Å². The fourth-order valence-electron chi connectivity index (χ4n) is 2.56. The van der Waals surface area contributed by atoms with Gasteiger partial charge in [0.05, 0.1) is 17.3 Å². The summed E-state index contributed by atoms with van der Waals surface area (Å²) in [4.78, 5) is 28.7. The molecule has 0 aliphatic rings. The Morgan fingerprint density at radius 1 is 1.00 bits per heavy atom. The number of nitrogens with one attached hydrogen (secondary N) is 2. The molecule has 0 radical (unpaired) electrons. The van der Waals surface area contributed by atoms with E-state index in [2.05, 4.69) is 15.6 Å². The minimum atomic E-state index is -0.559. The van der Waals surface area contributed by atoms with Crippen LogP contribution < -0.4 is 16.4 Å². The third-order valence-electron chi connectivity index (χ3n) is 4.55. The van der Waals surface area contributed by atoms with E-state index in [9.17, 15) is 9.59 Å². The van der Waals surface area contributed by atoms with E-state index in [4.69, 9.17) is 5.73 Å². The van der Waals surface area contributed by atoms with E-state index in [1.165, 1.54) is 0 Å². The van der Waals surface area contributed by atoms with Crippen LogP contribution in [0.5, 0.6) is 0 Å². The van der Waals surface area contributed by atoms with Gasteiger partial charge >= 0.3 is 0 Å². The van der Waals surface area contributed by atoms with Crippen molar-refractivity contribution in [2.24, 2.45) is 11.1 Å². The summed E-state index contributed by atoms with van der Waals surface area (Å²) in [5, 5.41) is 5.66. The molecule has 0 unspecified atom stereocenters. The number of hydrogen-bond donors (Lipinski definition) is 3. The van der Waals surface area contributed by atoms with E-state index in [-0.39, 0.29) is 36.6 Å². The van der Waals surface area contributed by atoms with Crippen molar-refractivity contribution in [2.45, 2.75) is 26.7 Å². The number of carbonyl (C=O) groups excluding carboxylic acids is 2. The maximum Gasteiger partial charge on any atom is 0.255 e. The molecule has 0 atom stereocenters. The van der Waals surface area contributed by atoms with Crippen LogP contribution in [0.25, 0.3) is 0 Å². The largest absolute Gasteiger partial charge is 0.329 e. The average molecular weight is 413 g/mol. The molecule has 27 heavy (non-hydrogen) atoms. The number of benzene rings is 1.